The van der Waals surface area contributed by atoms with Crippen LogP contribution in [0.2, 0.25) is 0 Å². The number of rotatable bonds is 2. The van der Waals surface area contributed by atoms with E-state index >= 15 is 0 Å². The molecule has 2 aromatic rings. The van der Waals surface area contributed by atoms with Gasteiger partial charge in [-0.2, -0.15) is 0 Å². The van der Waals surface area contributed by atoms with Gasteiger partial charge in [0.1, 0.15) is 11.6 Å². The number of para-hydroxylation sites is 2. The van der Waals surface area contributed by atoms with Crippen LogP contribution >= 0.6 is 0 Å². The largest absolute Gasteiger partial charge is 0.506 e. The van der Waals surface area contributed by atoms with E-state index in [9.17, 15) is 5.11 Å². The predicted molar refractivity (Wildman–Crippen MR) is 73.3 cm³/mol. The molecule has 0 spiro atoms. The number of benzene rings is 2. The molecule has 1 aliphatic rings. The van der Waals surface area contributed by atoms with Crippen molar-refractivity contribution in [2.75, 3.05) is 18.0 Å². The van der Waals surface area contributed by atoms with E-state index in [1.54, 1.807) is 6.07 Å². The lowest BCUT2D eigenvalue weighted by atomic mass is 10.1. The number of aliphatic imine (C=N–C) groups is 1. The van der Waals surface area contributed by atoms with Crippen molar-refractivity contribution >= 4 is 11.5 Å². The number of hydrogen-bond donors (Lipinski definition) is 1. The average Bonchev–Trinajstić information content (AvgIpc) is 2.89. The Kier molecular flexibility index (Phi) is 2.73. The minimum atomic E-state index is 0.294. The Bertz CT molecular complexity index is 578. The van der Waals surface area contributed by atoms with Crippen molar-refractivity contribution in [3.63, 3.8) is 0 Å². The molecule has 1 heterocycles. The Balaban J connectivity index is 2.00. The highest BCUT2D eigenvalue weighted by atomic mass is 16.3. The molecular weight excluding hydrogens is 224 g/mol. The van der Waals surface area contributed by atoms with Gasteiger partial charge in [-0.05, 0) is 12.1 Å². The Morgan fingerprint density at radius 3 is 2.44 bits per heavy atom. The maximum Gasteiger partial charge on any atom is 0.139 e. The lowest BCUT2D eigenvalue weighted by molar-refractivity contribution is 0.476. The van der Waals surface area contributed by atoms with Crippen molar-refractivity contribution < 1.29 is 5.11 Å². The lowest BCUT2D eigenvalue weighted by Gasteiger charge is -2.21. The first-order valence-corrected chi connectivity index (χ1v) is 6.01. The average molecular weight is 238 g/mol. The minimum Gasteiger partial charge on any atom is -0.506 e. The summed E-state index contributed by atoms with van der Waals surface area (Å²) in [5, 5.41) is 9.94. The molecule has 0 aromatic heterocycles. The van der Waals surface area contributed by atoms with Crippen molar-refractivity contribution in [2.45, 2.75) is 0 Å². The van der Waals surface area contributed by atoms with Gasteiger partial charge in [0.15, 0.2) is 0 Å². The van der Waals surface area contributed by atoms with E-state index in [0.717, 1.165) is 30.2 Å². The van der Waals surface area contributed by atoms with Crippen LogP contribution < -0.4 is 4.90 Å². The second kappa shape index (κ2) is 4.53. The van der Waals surface area contributed by atoms with Crippen molar-refractivity contribution in [3.8, 4) is 5.75 Å². The summed E-state index contributed by atoms with van der Waals surface area (Å²) in [4.78, 5) is 6.60. The van der Waals surface area contributed by atoms with Crippen LogP contribution in [-0.4, -0.2) is 24.0 Å². The first kappa shape index (κ1) is 10.8. The second-order valence-corrected chi connectivity index (χ2v) is 4.21. The monoisotopic (exact) mass is 238 g/mol. The van der Waals surface area contributed by atoms with Gasteiger partial charge in [0.05, 0.1) is 12.2 Å². The molecule has 0 bridgehead atoms. The van der Waals surface area contributed by atoms with E-state index in [1.807, 2.05) is 48.5 Å². The van der Waals surface area contributed by atoms with Crippen LogP contribution in [-0.2, 0) is 0 Å². The van der Waals surface area contributed by atoms with Gasteiger partial charge >= 0.3 is 0 Å². The second-order valence-electron chi connectivity index (χ2n) is 4.21. The molecule has 0 atom stereocenters. The molecule has 0 saturated carbocycles. The zero-order valence-electron chi connectivity index (χ0n) is 9.95. The van der Waals surface area contributed by atoms with Gasteiger partial charge in [-0.1, -0.05) is 42.5 Å². The minimum absolute atomic E-state index is 0.294. The fourth-order valence-electron chi connectivity index (χ4n) is 2.21. The topological polar surface area (TPSA) is 35.8 Å². The molecule has 1 N–H and O–H groups in total. The highest BCUT2D eigenvalue weighted by molar-refractivity contribution is 6.11. The third-order valence-corrected chi connectivity index (χ3v) is 3.05. The van der Waals surface area contributed by atoms with E-state index in [4.69, 9.17) is 0 Å². The summed E-state index contributed by atoms with van der Waals surface area (Å²) >= 11 is 0. The summed E-state index contributed by atoms with van der Waals surface area (Å²) < 4.78 is 0. The molecule has 0 saturated heterocycles. The van der Waals surface area contributed by atoms with E-state index in [2.05, 4.69) is 9.89 Å². The van der Waals surface area contributed by atoms with Gasteiger partial charge in [-0.3, -0.25) is 4.99 Å². The Labute approximate surface area is 106 Å². The molecule has 3 heteroatoms. The van der Waals surface area contributed by atoms with Crippen molar-refractivity contribution in [3.05, 3.63) is 60.2 Å². The molecule has 1 aliphatic heterocycles. The normalized spacial score (nSPS) is 14.7. The van der Waals surface area contributed by atoms with Crippen LogP contribution in [0.25, 0.3) is 0 Å². The predicted octanol–water partition coefficient (Wildman–Crippen LogP) is 2.66. The maximum atomic E-state index is 9.94. The fourth-order valence-corrected chi connectivity index (χ4v) is 2.21. The van der Waals surface area contributed by atoms with Gasteiger partial charge in [0, 0.05) is 12.1 Å². The molecule has 0 unspecified atom stereocenters. The van der Waals surface area contributed by atoms with Gasteiger partial charge in [0.2, 0.25) is 0 Å². The molecule has 3 rings (SSSR count). The molecule has 90 valence electrons. The third kappa shape index (κ3) is 1.84. The smallest absolute Gasteiger partial charge is 0.139 e. The SMILES string of the molecule is Oc1ccccc1N1CCN=C1c1ccccc1. The van der Waals surface area contributed by atoms with Crippen molar-refractivity contribution in [2.24, 2.45) is 4.99 Å². The summed E-state index contributed by atoms with van der Waals surface area (Å²) in [7, 11) is 0. The summed E-state index contributed by atoms with van der Waals surface area (Å²) in [6.45, 7) is 1.57. The molecule has 0 fully saturated rings. The van der Waals surface area contributed by atoms with Gasteiger partial charge in [-0.15, -0.1) is 0 Å². The van der Waals surface area contributed by atoms with Gasteiger partial charge < -0.3 is 10.0 Å². The number of phenolic OH excluding ortho intramolecular Hbond substituents is 1. The molecule has 18 heavy (non-hydrogen) atoms. The maximum absolute atomic E-state index is 9.94. The summed E-state index contributed by atoms with van der Waals surface area (Å²) in [5.41, 5.74) is 1.90. The Morgan fingerprint density at radius 1 is 0.944 bits per heavy atom. The highest BCUT2D eigenvalue weighted by Crippen LogP contribution is 2.29. The molecular formula is C15H14N2O. The first-order valence-electron chi connectivity index (χ1n) is 6.01. The summed E-state index contributed by atoms with van der Waals surface area (Å²) in [6.07, 6.45) is 0. The van der Waals surface area contributed by atoms with Crippen LogP contribution in [0.4, 0.5) is 5.69 Å². The van der Waals surface area contributed by atoms with Crippen LogP contribution in [0.15, 0.2) is 59.6 Å². The van der Waals surface area contributed by atoms with Crippen LogP contribution in [0, 0.1) is 0 Å². The quantitative estimate of drug-likeness (QED) is 0.873. The Morgan fingerprint density at radius 2 is 1.67 bits per heavy atom. The number of nitrogens with zero attached hydrogens (tertiary/aromatic N) is 2. The van der Waals surface area contributed by atoms with E-state index < -0.39 is 0 Å². The van der Waals surface area contributed by atoms with E-state index in [-0.39, 0.29) is 0 Å². The molecule has 0 aliphatic carbocycles. The zero-order chi connectivity index (χ0) is 12.4. The molecule has 3 nitrogen and oxygen atoms in total. The standard InChI is InChI=1S/C15H14N2O/c18-14-9-5-4-8-13(14)17-11-10-16-15(17)12-6-2-1-3-7-12/h1-9,18H,10-11H2. The number of hydrogen-bond acceptors (Lipinski definition) is 3. The molecule has 0 amide bonds. The highest BCUT2D eigenvalue weighted by Gasteiger charge is 2.21. The number of aromatic hydroxyl groups is 1. The number of amidine groups is 1. The van der Waals surface area contributed by atoms with Crippen molar-refractivity contribution in [1.29, 1.82) is 0 Å². The van der Waals surface area contributed by atoms with E-state index in [0.29, 0.717) is 5.75 Å². The number of phenols is 1. The molecule has 0 radical (unpaired) electrons. The first-order chi connectivity index (χ1) is 8.86. The third-order valence-electron chi connectivity index (χ3n) is 3.05. The van der Waals surface area contributed by atoms with E-state index in [1.165, 1.54) is 0 Å². The van der Waals surface area contributed by atoms with Gasteiger partial charge in [-0.25, -0.2) is 0 Å². The van der Waals surface area contributed by atoms with Crippen molar-refractivity contribution in [1.82, 2.24) is 0 Å². The summed E-state index contributed by atoms with van der Waals surface area (Å²) in [5.74, 6) is 1.22. The van der Waals surface area contributed by atoms with Gasteiger partial charge in [0.25, 0.3) is 0 Å². The fraction of sp³-hybridized carbons (Fsp3) is 0.133. The zero-order valence-corrected chi connectivity index (χ0v) is 9.95. The van der Waals surface area contributed by atoms with Crippen LogP contribution in [0.1, 0.15) is 5.56 Å². The lowest BCUT2D eigenvalue weighted by Crippen LogP contribution is -2.28. The summed E-state index contributed by atoms with van der Waals surface area (Å²) in [6, 6.07) is 17.4. The van der Waals surface area contributed by atoms with Crippen LogP contribution in [0.3, 0.4) is 0 Å². The number of anilines is 1. The molecule has 2 aromatic carbocycles. The Hall–Kier alpha value is -2.29. The van der Waals surface area contributed by atoms with Crippen LogP contribution in [0.5, 0.6) is 5.75 Å².